The fourth-order valence-electron chi connectivity index (χ4n) is 5.92. The molecular weight excluding hydrogens is 682 g/mol. The van der Waals surface area contributed by atoms with Crippen molar-refractivity contribution in [1.82, 2.24) is 5.32 Å². The van der Waals surface area contributed by atoms with Crippen LogP contribution in [0.15, 0.2) is 24.3 Å². The molecule has 8 atom stereocenters. The van der Waals surface area contributed by atoms with Crippen molar-refractivity contribution >= 4 is 16.3 Å². The Labute approximate surface area is 306 Å². The van der Waals surface area contributed by atoms with Gasteiger partial charge in [0, 0.05) is 0 Å². The van der Waals surface area contributed by atoms with E-state index in [1.807, 2.05) is 0 Å². The van der Waals surface area contributed by atoms with Crippen molar-refractivity contribution in [2.24, 2.45) is 0 Å². The Morgan fingerprint density at radius 3 is 1.84 bits per heavy atom. The predicted molar refractivity (Wildman–Crippen MR) is 196 cm³/mol. The molecule has 1 aliphatic heterocycles. The van der Waals surface area contributed by atoms with Gasteiger partial charge >= 0.3 is 10.4 Å². The van der Waals surface area contributed by atoms with Crippen molar-refractivity contribution in [1.29, 1.82) is 0 Å². The first kappa shape index (κ1) is 47.6. The zero-order chi connectivity index (χ0) is 37.9. The Morgan fingerprint density at radius 2 is 1.29 bits per heavy atom. The summed E-state index contributed by atoms with van der Waals surface area (Å²) in [5.41, 5.74) is 0. The molecule has 0 radical (unpaired) electrons. The maximum absolute atomic E-state index is 12.9. The van der Waals surface area contributed by atoms with Crippen molar-refractivity contribution in [2.45, 2.75) is 191 Å². The first-order valence-electron chi connectivity index (χ1n) is 19.3. The quantitative estimate of drug-likeness (QED) is 0.0290. The van der Waals surface area contributed by atoms with E-state index in [0.717, 1.165) is 70.6 Å². The predicted octanol–water partition coefficient (Wildman–Crippen LogP) is 4.79. The number of rotatable bonds is 31. The highest BCUT2D eigenvalue weighted by atomic mass is 32.3. The fraction of sp³-hybridized carbons (Fsp3) is 0.865. The third-order valence-electron chi connectivity index (χ3n) is 9.08. The first-order chi connectivity index (χ1) is 24.4. The second kappa shape index (κ2) is 29.0. The van der Waals surface area contributed by atoms with Crippen molar-refractivity contribution in [3.05, 3.63) is 24.3 Å². The normalized spacial score (nSPS) is 23.2. The number of carbonyl (C=O) groups is 1. The molecule has 0 aromatic heterocycles. The van der Waals surface area contributed by atoms with E-state index < -0.39 is 78.5 Å². The average Bonchev–Trinajstić information content (AvgIpc) is 3.09. The van der Waals surface area contributed by atoms with Gasteiger partial charge in [-0.2, -0.15) is 8.42 Å². The molecule has 1 saturated heterocycles. The Bertz CT molecular complexity index is 1040. The van der Waals surface area contributed by atoms with Gasteiger partial charge in [-0.05, 0) is 44.9 Å². The van der Waals surface area contributed by atoms with Crippen LogP contribution in [0, 0.1) is 0 Å². The smallest absolute Gasteiger partial charge is 0.394 e. The van der Waals surface area contributed by atoms with E-state index in [4.69, 9.17) is 14.0 Å². The second-order valence-electron chi connectivity index (χ2n) is 13.7. The molecule has 13 nitrogen and oxygen atoms in total. The van der Waals surface area contributed by atoms with Crippen LogP contribution in [0.25, 0.3) is 0 Å². The van der Waals surface area contributed by atoms with Crippen LogP contribution >= 0.6 is 0 Å². The van der Waals surface area contributed by atoms with Crippen LogP contribution in [0.1, 0.15) is 142 Å². The maximum Gasteiger partial charge on any atom is 0.397 e. The van der Waals surface area contributed by atoms with E-state index >= 15 is 0 Å². The van der Waals surface area contributed by atoms with Crippen LogP contribution in [-0.2, 0) is 28.9 Å². The highest BCUT2D eigenvalue weighted by Gasteiger charge is 2.48. The number of amides is 1. The van der Waals surface area contributed by atoms with Gasteiger partial charge in [-0.1, -0.05) is 122 Å². The molecule has 0 bridgehead atoms. The largest absolute Gasteiger partial charge is 0.397 e. The molecule has 1 rings (SSSR count). The molecule has 0 aromatic carbocycles. The number of carbonyl (C=O) groups excluding carboxylic acids is 1. The molecule has 0 aromatic rings. The monoisotopic (exact) mass is 751 g/mol. The maximum atomic E-state index is 12.9. The van der Waals surface area contributed by atoms with Crippen LogP contribution in [0.5, 0.6) is 0 Å². The second-order valence-corrected chi connectivity index (χ2v) is 14.7. The van der Waals surface area contributed by atoms with Gasteiger partial charge in [0.1, 0.15) is 30.5 Å². The van der Waals surface area contributed by atoms with Gasteiger partial charge in [0.15, 0.2) is 6.29 Å². The molecule has 0 aliphatic carbocycles. The third-order valence-corrected chi connectivity index (χ3v) is 9.55. The summed E-state index contributed by atoms with van der Waals surface area (Å²) in [6.07, 6.45) is 17.5. The van der Waals surface area contributed by atoms with Gasteiger partial charge in [-0.15, -0.1) is 0 Å². The standard InChI is InChI=1S/C37H69NO12S/c1-3-5-7-9-11-12-13-14-15-16-17-18-19-20-22-24-26-31(41)36(44)38-29(30(40)25-23-21-10-8-6-4-2)28-48-37-34(43)35(50-51(45,46)47)33(42)32(27-39)49-37/h14-15,23,25,29-35,37,39-43H,3-13,16-22,24,26-28H2,1-2H3,(H,38,44)(H,45,46,47)/b15-14-,25-23+. The number of nitrogens with one attached hydrogen (secondary N) is 1. The van der Waals surface area contributed by atoms with Crippen LogP contribution in [0.3, 0.4) is 0 Å². The minimum Gasteiger partial charge on any atom is -0.394 e. The molecule has 1 aliphatic rings. The molecule has 1 amide bonds. The molecule has 7 N–H and O–H groups in total. The van der Waals surface area contributed by atoms with Crippen molar-refractivity contribution < 1.29 is 57.0 Å². The van der Waals surface area contributed by atoms with Crippen molar-refractivity contribution in [2.75, 3.05) is 13.2 Å². The SMILES string of the molecule is CCCCCC/C=C/C(O)C(COC1OC(CO)C(O)C(OS(=O)(=O)O)C1O)NC(=O)C(O)CCCCCCCC/C=C\CCCCCCCC. The fourth-order valence-corrected chi connectivity index (χ4v) is 6.43. The lowest BCUT2D eigenvalue weighted by Crippen LogP contribution is -2.61. The number of unbranched alkanes of at least 4 members (excludes halogenated alkanes) is 16. The molecule has 300 valence electrons. The van der Waals surface area contributed by atoms with Gasteiger partial charge in [-0.3, -0.25) is 9.35 Å². The number of hydrogen-bond donors (Lipinski definition) is 7. The van der Waals surface area contributed by atoms with E-state index in [-0.39, 0.29) is 6.42 Å². The van der Waals surface area contributed by atoms with Crippen LogP contribution < -0.4 is 5.32 Å². The number of ether oxygens (including phenoxy) is 2. The van der Waals surface area contributed by atoms with E-state index in [9.17, 15) is 38.7 Å². The van der Waals surface area contributed by atoms with E-state index in [1.165, 1.54) is 44.6 Å². The van der Waals surface area contributed by atoms with Gasteiger partial charge in [0.25, 0.3) is 0 Å². The lowest BCUT2D eigenvalue weighted by molar-refractivity contribution is -0.298. The van der Waals surface area contributed by atoms with E-state index in [2.05, 4.69) is 35.5 Å². The first-order valence-corrected chi connectivity index (χ1v) is 20.7. The zero-order valence-corrected chi connectivity index (χ0v) is 31.8. The summed E-state index contributed by atoms with van der Waals surface area (Å²) < 4.78 is 47.1. The molecule has 0 saturated carbocycles. The summed E-state index contributed by atoms with van der Waals surface area (Å²) in [6.45, 7) is 3.07. The molecule has 1 heterocycles. The van der Waals surface area contributed by atoms with Crippen molar-refractivity contribution in [3.8, 4) is 0 Å². The molecule has 14 heteroatoms. The van der Waals surface area contributed by atoms with Gasteiger partial charge in [-0.25, -0.2) is 4.18 Å². The Hall–Kier alpha value is -1.46. The molecule has 8 unspecified atom stereocenters. The highest BCUT2D eigenvalue weighted by molar-refractivity contribution is 7.80. The molecular formula is C37H69NO12S. The Morgan fingerprint density at radius 1 is 0.784 bits per heavy atom. The van der Waals surface area contributed by atoms with Crippen LogP contribution in [0.2, 0.25) is 0 Å². The Balaban J connectivity index is 2.58. The van der Waals surface area contributed by atoms with Crippen LogP contribution in [-0.4, -0.2) is 107 Å². The summed E-state index contributed by atoms with van der Waals surface area (Å²) in [6, 6.07) is -1.12. The molecule has 1 fully saturated rings. The summed E-state index contributed by atoms with van der Waals surface area (Å²) in [5.74, 6) is -0.715. The number of aliphatic hydroxyl groups excluding tert-OH is 5. The summed E-state index contributed by atoms with van der Waals surface area (Å²) in [7, 11) is -5.11. The van der Waals surface area contributed by atoms with Gasteiger partial charge in [0.05, 0.1) is 25.4 Å². The third kappa shape index (κ3) is 22.4. The Kier molecular flexibility index (Phi) is 27.0. The minimum atomic E-state index is -5.11. The lowest BCUT2D eigenvalue weighted by Gasteiger charge is -2.41. The highest BCUT2D eigenvalue weighted by Crippen LogP contribution is 2.26. The molecule has 51 heavy (non-hydrogen) atoms. The van der Waals surface area contributed by atoms with E-state index in [1.54, 1.807) is 6.08 Å². The van der Waals surface area contributed by atoms with Gasteiger partial charge in [0.2, 0.25) is 5.91 Å². The summed E-state index contributed by atoms with van der Waals surface area (Å²) >= 11 is 0. The van der Waals surface area contributed by atoms with Crippen molar-refractivity contribution in [3.63, 3.8) is 0 Å². The zero-order valence-electron chi connectivity index (χ0n) is 31.0. The number of aliphatic hydroxyl groups is 5. The minimum absolute atomic E-state index is 0.235. The van der Waals surface area contributed by atoms with E-state index in [0.29, 0.717) is 12.8 Å². The topological polar surface area (TPSA) is 212 Å². The number of allylic oxidation sites excluding steroid dienone is 3. The summed E-state index contributed by atoms with van der Waals surface area (Å²) in [4.78, 5) is 12.9. The average molecular weight is 752 g/mol. The van der Waals surface area contributed by atoms with Gasteiger partial charge < -0.3 is 40.3 Å². The molecule has 0 spiro atoms. The summed E-state index contributed by atoms with van der Waals surface area (Å²) in [5, 5.41) is 54.6. The van der Waals surface area contributed by atoms with Crippen LogP contribution in [0.4, 0.5) is 0 Å². The lowest BCUT2D eigenvalue weighted by atomic mass is 9.99. The number of hydrogen-bond acceptors (Lipinski definition) is 11.